The van der Waals surface area contributed by atoms with Gasteiger partial charge in [-0.1, -0.05) is 48.5 Å². The fourth-order valence-electron chi connectivity index (χ4n) is 2.86. The molecule has 0 spiro atoms. The Bertz CT molecular complexity index is 669. The third kappa shape index (κ3) is 1.93. The van der Waals surface area contributed by atoms with E-state index >= 15 is 0 Å². The molecule has 4 rings (SSSR count). The molecule has 20 heavy (non-hydrogen) atoms. The zero-order chi connectivity index (χ0) is 12.7. The van der Waals surface area contributed by atoms with Gasteiger partial charge in [0, 0.05) is 6.54 Å². The second-order valence-electron chi connectivity index (χ2n) is 4.84. The molecule has 1 aliphatic heterocycles. The molecule has 0 saturated carbocycles. The third-order valence-electron chi connectivity index (χ3n) is 3.71. The van der Waals surface area contributed by atoms with Gasteiger partial charge in [-0.2, -0.15) is 0 Å². The Labute approximate surface area is 124 Å². The summed E-state index contributed by atoms with van der Waals surface area (Å²) < 4.78 is 0. The predicted octanol–water partition coefficient (Wildman–Crippen LogP) is 3.52. The van der Waals surface area contributed by atoms with Gasteiger partial charge >= 0.3 is 0 Å². The predicted molar refractivity (Wildman–Crippen MR) is 86.5 cm³/mol. The average Bonchev–Trinajstić information content (AvgIpc) is 3.08. The number of rotatable bonds is 1. The van der Waals surface area contributed by atoms with Crippen LogP contribution in [0.4, 0.5) is 0 Å². The molecule has 1 heterocycles. The van der Waals surface area contributed by atoms with Crippen LogP contribution >= 0.6 is 12.4 Å². The number of hydrogen-bond acceptors (Lipinski definition) is 2. The first-order valence-electron chi connectivity index (χ1n) is 6.63. The van der Waals surface area contributed by atoms with Crippen LogP contribution in [0.1, 0.15) is 11.1 Å². The van der Waals surface area contributed by atoms with Gasteiger partial charge in [-0.15, -0.1) is 12.4 Å². The summed E-state index contributed by atoms with van der Waals surface area (Å²) in [5, 5.41) is 3.32. The minimum Gasteiger partial charge on any atom is -0.369 e. The van der Waals surface area contributed by atoms with E-state index in [1.165, 1.54) is 27.8 Å². The summed E-state index contributed by atoms with van der Waals surface area (Å²) in [5.41, 5.74) is 6.53. The Morgan fingerprint density at radius 2 is 1.40 bits per heavy atom. The van der Waals surface area contributed by atoms with Crippen LogP contribution in [0, 0.1) is 0 Å². The van der Waals surface area contributed by atoms with Gasteiger partial charge in [0.05, 0.1) is 6.54 Å². The van der Waals surface area contributed by atoms with Gasteiger partial charge < -0.3 is 5.32 Å². The smallest absolute Gasteiger partial charge is 0.121 e. The highest BCUT2D eigenvalue weighted by molar-refractivity contribution is 6.09. The zero-order valence-electron chi connectivity index (χ0n) is 11.0. The van der Waals surface area contributed by atoms with Gasteiger partial charge in [0.15, 0.2) is 0 Å². The fraction of sp³-hybridized carbons (Fsp3) is 0.118. The van der Waals surface area contributed by atoms with Crippen molar-refractivity contribution >= 4 is 23.8 Å². The lowest BCUT2D eigenvalue weighted by molar-refractivity contribution is 0.961. The molecule has 0 saturated heterocycles. The van der Waals surface area contributed by atoms with Crippen LogP contribution in [0.25, 0.3) is 16.7 Å². The van der Waals surface area contributed by atoms with Crippen molar-refractivity contribution < 1.29 is 0 Å². The Morgan fingerprint density at radius 1 is 0.850 bits per heavy atom. The Morgan fingerprint density at radius 3 is 1.90 bits per heavy atom. The molecule has 0 radical (unpaired) electrons. The van der Waals surface area contributed by atoms with Crippen LogP contribution in [0.15, 0.2) is 59.6 Å². The maximum atomic E-state index is 4.47. The van der Waals surface area contributed by atoms with E-state index in [2.05, 4.69) is 64.9 Å². The van der Waals surface area contributed by atoms with Gasteiger partial charge in [0.1, 0.15) is 5.84 Å². The van der Waals surface area contributed by atoms with Crippen molar-refractivity contribution in [1.29, 1.82) is 0 Å². The highest BCUT2D eigenvalue weighted by Crippen LogP contribution is 2.43. The van der Waals surface area contributed by atoms with Gasteiger partial charge in [-0.25, -0.2) is 0 Å². The van der Waals surface area contributed by atoms with Gasteiger partial charge in [-0.05, 0) is 33.9 Å². The maximum Gasteiger partial charge on any atom is 0.121 e. The number of aliphatic imine (C=N–C) groups is 1. The maximum absolute atomic E-state index is 4.47. The van der Waals surface area contributed by atoms with E-state index in [4.69, 9.17) is 0 Å². The number of hydrogen-bond donors (Lipinski definition) is 1. The van der Waals surface area contributed by atoms with Crippen molar-refractivity contribution in [2.24, 2.45) is 4.99 Å². The molecular weight excluding hydrogens is 268 g/mol. The van der Waals surface area contributed by atoms with Crippen molar-refractivity contribution in [1.82, 2.24) is 5.32 Å². The largest absolute Gasteiger partial charge is 0.369 e. The average molecular weight is 283 g/mol. The molecule has 0 fully saturated rings. The Balaban J connectivity index is 0.00000121. The zero-order valence-corrected chi connectivity index (χ0v) is 11.8. The SMILES string of the molecule is C(=C1c2ccccc2-c2ccccc21)C1=NCCN1.Cl. The Kier molecular flexibility index (Phi) is 3.33. The van der Waals surface area contributed by atoms with E-state index in [-0.39, 0.29) is 12.4 Å². The summed E-state index contributed by atoms with van der Waals surface area (Å²) in [6.07, 6.45) is 2.18. The highest BCUT2D eigenvalue weighted by atomic mass is 35.5. The van der Waals surface area contributed by atoms with Crippen molar-refractivity contribution in [2.75, 3.05) is 13.1 Å². The number of benzene rings is 2. The molecule has 2 nitrogen and oxygen atoms in total. The Hall–Kier alpha value is -2.06. The standard InChI is InChI=1S/C17H14N2.ClH/c1-3-7-14-12(5-1)13-6-2-4-8-15(13)16(14)11-17-18-9-10-19-17;/h1-8,11H,9-10H2,(H,18,19);1H. The molecule has 0 aromatic heterocycles. The summed E-state index contributed by atoms with van der Waals surface area (Å²) in [6, 6.07) is 17.2. The van der Waals surface area contributed by atoms with Crippen molar-refractivity contribution in [3.05, 3.63) is 65.7 Å². The van der Waals surface area contributed by atoms with Gasteiger partial charge in [-0.3, -0.25) is 4.99 Å². The molecule has 0 amide bonds. The lowest BCUT2D eigenvalue weighted by atomic mass is 10.0. The van der Waals surface area contributed by atoms with Gasteiger partial charge in [0.25, 0.3) is 0 Å². The quantitative estimate of drug-likeness (QED) is 0.725. The minimum absolute atomic E-state index is 0. The first kappa shape index (κ1) is 12.9. The van der Waals surface area contributed by atoms with E-state index in [1.54, 1.807) is 0 Å². The van der Waals surface area contributed by atoms with E-state index in [9.17, 15) is 0 Å². The number of nitrogens with zero attached hydrogens (tertiary/aromatic N) is 1. The van der Waals surface area contributed by atoms with Crippen LogP contribution < -0.4 is 5.32 Å². The monoisotopic (exact) mass is 282 g/mol. The first-order valence-corrected chi connectivity index (χ1v) is 6.63. The molecule has 2 aliphatic rings. The molecule has 1 N–H and O–H groups in total. The second kappa shape index (κ2) is 5.14. The van der Waals surface area contributed by atoms with Gasteiger partial charge in [0.2, 0.25) is 0 Å². The molecule has 2 aromatic rings. The summed E-state index contributed by atoms with van der Waals surface area (Å²) in [5.74, 6) is 1.00. The second-order valence-corrected chi connectivity index (χ2v) is 4.84. The molecule has 0 bridgehead atoms. The number of amidine groups is 1. The molecule has 0 unspecified atom stereocenters. The molecule has 2 aromatic carbocycles. The molecule has 3 heteroatoms. The van der Waals surface area contributed by atoms with Crippen LogP contribution in [-0.4, -0.2) is 18.9 Å². The third-order valence-corrected chi connectivity index (χ3v) is 3.71. The molecule has 1 aliphatic carbocycles. The lowest BCUT2D eigenvalue weighted by Crippen LogP contribution is -2.16. The number of halogens is 1. The molecule has 100 valence electrons. The van der Waals surface area contributed by atoms with Crippen molar-refractivity contribution in [3.8, 4) is 11.1 Å². The van der Waals surface area contributed by atoms with E-state index in [1.807, 2.05) is 0 Å². The van der Waals surface area contributed by atoms with Crippen molar-refractivity contribution in [3.63, 3.8) is 0 Å². The summed E-state index contributed by atoms with van der Waals surface area (Å²) in [4.78, 5) is 4.47. The van der Waals surface area contributed by atoms with Crippen LogP contribution in [0.5, 0.6) is 0 Å². The van der Waals surface area contributed by atoms with Crippen LogP contribution in [0.2, 0.25) is 0 Å². The lowest BCUT2D eigenvalue weighted by Gasteiger charge is -2.03. The van der Waals surface area contributed by atoms with E-state index in [0.717, 1.165) is 18.9 Å². The van der Waals surface area contributed by atoms with Crippen LogP contribution in [-0.2, 0) is 0 Å². The van der Waals surface area contributed by atoms with E-state index in [0.29, 0.717) is 0 Å². The first-order chi connectivity index (χ1) is 9.43. The summed E-state index contributed by atoms with van der Waals surface area (Å²) >= 11 is 0. The molecular formula is C17H15ClN2. The normalized spacial score (nSPS) is 14.8. The van der Waals surface area contributed by atoms with Crippen molar-refractivity contribution in [2.45, 2.75) is 0 Å². The van der Waals surface area contributed by atoms with E-state index < -0.39 is 0 Å². The fourth-order valence-corrected chi connectivity index (χ4v) is 2.86. The highest BCUT2D eigenvalue weighted by Gasteiger charge is 2.22. The topological polar surface area (TPSA) is 24.4 Å². The summed E-state index contributed by atoms with van der Waals surface area (Å²) in [6.45, 7) is 1.82. The number of nitrogens with one attached hydrogen (secondary N) is 1. The minimum atomic E-state index is 0. The summed E-state index contributed by atoms with van der Waals surface area (Å²) in [7, 11) is 0. The molecule has 0 atom stereocenters. The van der Waals surface area contributed by atoms with Crippen LogP contribution in [0.3, 0.4) is 0 Å². The number of fused-ring (bicyclic) bond motifs is 3.